The number of carboxylic acids is 2. The maximum Gasteiger partial charge on any atom is 0.348 e. The van der Waals surface area contributed by atoms with Gasteiger partial charge in [0, 0.05) is 5.56 Å². The zero-order chi connectivity index (χ0) is 32.1. The molecule has 0 amide bonds. The molecule has 1 unspecified atom stereocenters. The fourth-order valence-electron chi connectivity index (χ4n) is 7.26. The number of ether oxygens (including phenoxy) is 5. The number of rotatable bonds is 11. The van der Waals surface area contributed by atoms with E-state index in [1.54, 1.807) is 12.1 Å². The second-order valence-corrected chi connectivity index (χ2v) is 11.8. The van der Waals surface area contributed by atoms with Gasteiger partial charge < -0.3 is 44.1 Å². The third-order valence-electron chi connectivity index (χ3n) is 9.28. The fraction of sp³-hybridized carbons (Fsp3) is 0.567. The number of aliphatic hydroxyl groups excluding tert-OH is 1. The first-order valence-corrected chi connectivity index (χ1v) is 14.3. The number of carbonyl (C=O) groups excluding carboxylic acids is 3. The summed E-state index contributed by atoms with van der Waals surface area (Å²) in [7, 11) is 1.50. The summed E-state index contributed by atoms with van der Waals surface area (Å²) in [6.45, 7) is 3.15. The number of carboxylic acid groups (broad SMARTS) is 2. The first kappa shape index (κ1) is 31.3. The summed E-state index contributed by atoms with van der Waals surface area (Å²) in [6.07, 6.45) is -5.21. The molecular formula is C30H34O14. The monoisotopic (exact) mass is 618 g/mol. The molecule has 2 bridgehead atoms. The molecule has 0 aromatic heterocycles. The topological polar surface area (TPSA) is 212 Å². The molecule has 0 radical (unpaired) electrons. The lowest BCUT2D eigenvalue weighted by Gasteiger charge is -2.61. The van der Waals surface area contributed by atoms with Crippen LogP contribution in [0.5, 0.6) is 11.5 Å². The van der Waals surface area contributed by atoms with Crippen LogP contribution in [-0.2, 0) is 50.0 Å². The molecule has 1 aromatic carbocycles. The van der Waals surface area contributed by atoms with Gasteiger partial charge in [-0.3, -0.25) is 9.59 Å². The van der Waals surface area contributed by atoms with Crippen LogP contribution < -0.4 is 9.47 Å². The van der Waals surface area contributed by atoms with Crippen molar-refractivity contribution >= 4 is 29.8 Å². The quantitative estimate of drug-likeness (QED) is 0.201. The lowest BCUT2D eigenvalue weighted by atomic mass is 9.45. The van der Waals surface area contributed by atoms with E-state index in [1.165, 1.54) is 7.11 Å². The summed E-state index contributed by atoms with van der Waals surface area (Å²) in [6, 6.07) is 3.75. The Labute approximate surface area is 251 Å². The Morgan fingerprint density at radius 3 is 2.41 bits per heavy atom. The number of benzene rings is 1. The summed E-state index contributed by atoms with van der Waals surface area (Å²) in [5.41, 5.74) is -0.321. The van der Waals surface area contributed by atoms with E-state index in [0.717, 1.165) is 24.5 Å². The van der Waals surface area contributed by atoms with Crippen molar-refractivity contribution in [3.63, 3.8) is 0 Å². The molecule has 238 valence electrons. The van der Waals surface area contributed by atoms with Crippen LogP contribution in [0, 0.1) is 11.8 Å². The molecule has 14 nitrogen and oxygen atoms in total. The van der Waals surface area contributed by atoms with Crippen molar-refractivity contribution in [2.24, 2.45) is 11.8 Å². The highest BCUT2D eigenvalue weighted by molar-refractivity contribution is 5.88. The van der Waals surface area contributed by atoms with E-state index in [1.807, 2.05) is 6.07 Å². The van der Waals surface area contributed by atoms with Gasteiger partial charge in [-0.25, -0.2) is 14.4 Å². The van der Waals surface area contributed by atoms with Crippen molar-refractivity contribution in [2.45, 2.75) is 87.8 Å². The van der Waals surface area contributed by atoms with Crippen molar-refractivity contribution < 1.29 is 68.1 Å². The lowest BCUT2D eigenvalue weighted by molar-refractivity contribution is -0.184. The number of aliphatic hydroxyl groups is 2. The van der Waals surface area contributed by atoms with Gasteiger partial charge in [0.25, 0.3) is 0 Å². The zero-order valence-corrected chi connectivity index (χ0v) is 24.3. The van der Waals surface area contributed by atoms with Crippen LogP contribution >= 0.6 is 0 Å². The highest BCUT2D eigenvalue weighted by Crippen LogP contribution is 2.68. The van der Waals surface area contributed by atoms with Crippen LogP contribution in [0.15, 0.2) is 24.0 Å². The minimum absolute atomic E-state index is 0.0716. The molecule has 1 aliphatic heterocycles. The van der Waals surface area contributed by atoms with Crippen LogP contribution in [0.25, 0.3) is 0 Å². The van der Waals surface area contributed by atoms with E-state index in [9.17, 15) is 39.3 Å². The van der Waals surface area contributed by atoms with E-state index in [2.05, 4.69) is 6.92 Å². The average molecular weight is 619 g/mol. The minimum atomic E-state index is -2.14. The predicted molar refractivity (Wildman–Crippen MR) is 144 cm³/mol. The molecule has 0 saturated heterocycles. The Morgan fingerprint density at radius 2 is 1.77 bits per heavy atom. The Kier molecular flexibility index (Phi) is 8.10. The number of methoxy groups -OCH3 is 1. The van der Waals surface area contributed by atoms with Crippen molar-refractivity contribution in [2.75, 3.05) is 7.11 Å². The minimum Gasteiger partial charge on any atom is -0.493 e. The van der Waals surface area contributed by atoms with Crippen LogP contribution in [-0.4, -0.2) is 87.4 Å². The molecular weight excluding hydrogens is 584 g/mol. The van der Waals surface area contributed by atoms with E-state index in [0.29, 0.717) is 24.3 Å². The maximum atomic E-state index is 13.2. The SMILES string of the molecule is COc1ccc2c3c1O[C@H]1C(OC(=O)C[C@H](OC(=O)[C@H](C)O)C(=O)O[C@@H](CC(=O)O)C(=O)O)=CC[C@@]4(O)[C@@H](C2)C(C)CC[C@]314. The molecule has 1 heterocycles. The number of esters is 3. The predicted octanol–water partition coefficient (Wildman–Crippen LogP) is 1.01. The van der Waals surface area contributed by atoms with Gasteiger partial charge in [0.05, 0.1) is 31.0 Å². The highest BCUT2D eigenvalue weighted by atomic mass is 16.6. The highest BCUT2D eigenvalue weighted by Gasteiger charge is 2.72. The van der Waals surface area contributed by atoms with Crippen LogP contribution in [0.3, 0.4) is 0 Å². The molecule has 44 heavy (non-hydrogen) atoms. The number of hydrogen-bond donors (Lipinski definition) is 4. The Morgan fingerprint density at radius 1 is 1.07 bits per heavy atom. The Bertz CT molecular complexity index is 1430. The van der Waals surface area contributed by atoms with Crippen LogP contribution in [0.1, 0.15) is 57.1 Å². The second kappa shape index (κ2) is 11.4. The van der Waals surface area contributed by atoms with Gasteiger partial charge in [-0.1, -0.05) is 13.0 Å². The molecule has 1 fully saturated rings. The fourth-order valence-corrected chi connectivity index (χ4v) is 7.26. The van der Waals surface area contributed by atoms with Crippen LogP contribution in [0.2, 0.25) is 0 Å². The molecule has 3 aliphatic carbocycles. The molecule has 4 N–H and O–H groups in total. The van der Waals surface area contributed by atoms with E-state index >= 15 is 0 Å². The van der Waals surface area contributed by atoms with Crippen molar-refractivity contribution in [1.82, 2.24) is 0 Å². The third-order valence-corrected chi connectivity index (χ3v) is 9.28. The van der Waals surface area contributed by atoms with Gasteiger partial charge in [-0.15, -0.1) is 0 Å². The van der Waals surface area contributed by atoms with Gasteiger partial charge >= 0.3 is 29.8 Å². The molecule has 5 rings (SSSR count). The first-order chi connectivity index (χ1) is 20.7. The van der Waals surface area contributed by atoms with Gasteiger partial charge in [-0.2, -0.15) is 0 Å². The van der Waals surface area contributed by atoms with Crippen molar-refractivity contribution in [3.8, 4) is 11.5 Å². The largest absolute Gasteiger partial charge is 0.493 e. The molecule has 8 atom stereocenters. The maximum absolute atomic E-state index is 13.2. The summed E-state index contributed by atoms with van der Waals surface area (Å²) in [5.74, 6) is -6.17. The standard InChI is InChI=1S/C30H34O14/c1-13-6-8-29-23-15-4-5-17(40-3)24(23)44-25(29)18(7-9-30(29,39)16(13)10-15)41-22(34)12-20(43-27(37)14(2)31)28(38)42-19(26(35)36)11-21(32)33/h4-5,7,13-14,16,19-20,25,31,39H,6,8-12H2,1-3H3,(H,32,33)(H,35,36)/t13?,14-,16-,19-,20-,25-,29-,30+/m0/s1. The first-order valence-electron chi connectivity index (χ1n) is 14.3. The van der Waals surface area contributed by atoms with Gasteiger partial charge in [-0.05, 0) is 62.1 Å². The molecule has 4 aliphatic rings. The second-order valence-electron chi connectivity index (χ2n) is 11.8. The molecule has 1 spiro atoms. The third kappa shape index (κ3) is 4.95. The van der Waals surface area contributed by atoms with Gasteiger partial charge in [0.15, 0.2) is 17.6 Å². The average Bonchev–Trinajstić information content (AvgIpc) is 3.31. The van der Waals surface area contributed by atoms with E-state index < -0.39 is 78.1 Å². The van der Waals surface area contributed by atoms with E-state index in [4.69, 9.17) is 28.8 Å². The zero-order valence-electron chi connectivity index (χ0n) is 24.3. The van der Waals surface area contributed by atoms with E-state index in [-0.39, 0.29) is 24.0 Å². The lowest BCUT2D eigenvalue weighted by Crippen LogP contribution is -2.69. The smallest absolute Gasteiger partial charge is 0.348 e. The molecule has 14 heteroatoms. The molecule has 1 aromatic rings. The summed E-state index contributed by atoms with van der Waals surface area (Å²) >= 11 is 0. The summed E-state index contributed by atoms with van der Waals surface area (Å²) < 4.78 is 27.3. The normalized spacial score (nSPS) is 29.5. The summed E-state index contributed by atoms with van der Waals surface area (Å²) in [5, 5.41) is 40.1. The molecule has 1 saturated carbocycles. The Hall–Kier alpha value is -4.17. The summed E-state index contributed by atoms with van der Waals surface area (Å²) in [4.78, 5) is 60.6. The number of carbonyl (C=O) groups is 5. The van der Waals surface area contributed by atoms with Gasteiger partial charge in [0.1, 0.15) is 11.9 Å². The number of hydrogen-bond acceptors (Lipinski definition) is 12. The number of aliphatic carboxylic acids is 2. The van der Waals surface area contributed by atoms with Crippen molar-refractivity contribution in [1.29, 1.82) is 0 Å². The Balaban J connectivity index is 1.42. The van der Waals surface area contributed by atoms with Crippen molar-refractivity contribution in [3.05, 3.63) is 35.1 Å². The van der Waals surface area contributed by atoms with Gasteiger partial charge in [0.2, 0.25) is 12.2 Å². The van der Waals surface area contributed by atoms with Crippen LogP contribution in [0.4, 0.5) is 0 Å².